The van der Waals surface area contributed by atoms with E-state index in [4.69, 9.17) is 16.7 Å². The lowest BCUT2D eigenvalue weighted by atomic mass is 10.0. The van der Waals surface area contributed by atoms with Crippen LogP contribution in [-0.4, -0.2) is 37.6 Å². The number of benzene rings is 1. The second-order valence-electron chi connectivity index (χ2n) is 5.15. The molecule has 0 saturated heterocycles. The summed E-state index contributed by atoms with van der Waals surface area (Å²) >= 11 is 6.07. The Balaban J connectivity index is 2.18. The van der Waals surface area contributed by atoms with E-state index in [9.17, 15) is 9.90 Å². The first-order valence-electron chi connectivity index (χ1n) is 7.21. The summed E-state index contributed by atoms with van der Waals surface area (Å²) in [5.41, 5.74) is 3.00. The van der Waals surface area contributed by atoms with Crippen LogP contribution in [-0.2, 0) is 6.54 Å². The van der Waals surface area contributed by atoms with Gasteiger partial charge in [-0.15, -0.1) is 0 Å². The Kier molecular flexibility index (Phi) is 4.59. The number of pyridine rings is 1. The van der Waals surface area contributed by atoms with Crippen molar-refractivity contribution in [2.24, 2.45) is 0 Å². The van der Waals surface area contributed by atoms with Crippen LogP contribution in [0.3, 0.4) is 0 Å². The molecule has 0 fully saturated rings. The molecule has 6 nitrogen and oxygen atoms in total. The highest BCUT2D eigenvalue weighted by atomic mass is 35.5. The maximum atomic E-state index is 11.3. The molecule has 2 N–H and O–H groups in total. The van der Waals surface area contributed by atoms with Crippen LogP contribution in [0.2, 0.25) is 5.02 Å². The molecule has 0 bridgehead atoms. The van der Waals surface area contributed by atoms with E-state index in [-0.39, 0.29) is 12.2 Å². The largest absolute Gasteiger partial charge is 0.478 e. The van der Waals surface area contributed by atoms with Crippen LogP contribution >= 0.6 is 11.6 Å². The van der Waals surface area contributed by atoms with Gasteiger partial charge in [-0.2, -0.15) is 5.10 Å². The predicted molar refractivity (Wildman–Crippen MR) is 89.9 cm³/mol. The van der Waals surface area contributed by atoms with Gasteiger partial charge in [0, 0.05) is 34.7 Å². The third-order valence-corrected chi connectivity index (χ3v) is 3.72. The summed E-state index contributed by atoms with van der Waals surface area (Å²) in [6.45, 7) is 0.289. The Labute approximate surface area is 143 Å². The Hall–Kier alpha value is -2.70. The van der Waals surface area contributed by atoms with E-state index in [1.54, 1.807) is 35.4 Å². The van der Waals surface area contributed by atoms with E-state index < -0.39 is 5.97 Å². The number of carboxylic acids is 1. The number of aromatic carboxylic acids is 1. The zero-order chi connectivity index (χ0) is 17.1. The van der Waals surface area contributed by atoms with Crippen LogP contribution in [0, 0.1) is 0 Å². The van der Waals surface area contributed by atoms with Gasteiger partial charge in [0.25, 0.3) is 0 Å². The minimum absolute atomic E-state index is 0.0488. The molecule has 0 unspecified atom stereocenters. The Morgan fingerprint density at radius 1 is 1.17 bits per heavy atom. The number of hydrogen-bond donors (Lipinski definition) is 2. The molecule has 0 atom stereocenters. The molecule has 0 amide bonds. The van der Waals surface area contributed by atoms with Gasteiger partial charge in [-0.3, -0.25) is 9.67 Å². The van der Waals surface area contributed by atoms with Crippen LogP contribution in [0.4, 0.5) is 0 Å². The summed E-state index contributed by atoms with van der Waals surface area (Å²) in [7, 11) is 0. The van der Waals surface area contributed by atoms with Gasteiger partial charge < -0.3 is 10.2 Å². The monoisotopic (exact) mass is 343 g/mol. The Bertz CT molecular complexity index is 878. The lowest BCUT2D eigenvalue weighted by molar-refractivity contribution is 0.0697. The van der Waals surface area contributed by atoms with Crippen molar-refractivity contribution < 1.29 is 15.0 Å². The van der Waals surface area contributed by atoms with Gasteiger partial charge in [0.15, 0.2) is 0 Å². The molecule has 3 aromatic rings. The van der Waals surface area contributed by atoms with Crippen molar-refractivity contribution in [2.75, 3.05) is 6.61 Å². The molecule has 0 spiro atoms. The standard InChI is InChI=1S/C17H14ClN3O3/c18-14-8-12(7-13(9-14)17(23)24)15-10-21(5-6-22)20-16(15)11-1-3-19-4-2-11/h1-4,7-10,22H,5-6H2,(H,23,24). The molecule has 0 saturated carbocycles. The molecule has 7 heteroatoms. The minimum Gasteiger partial charge on any atom is -0.478 e. The van der Waals surface area contributed by atoms with Gasteiger partial charge in [0.1, 0.15) is 5.69 Å². The summed E-state index contributed by atoms with van der Waals surface area (Å²) in [6.07, 6.45) is 5.08. The molecule has 2 heterocycles. The van der Waals surface area contributed by atoms with Gasteiger partial charge >= 0.3 is 5.97 Å². The smallest absolute Gasteiger partial charge is 0.335 e. The molecule has 3 rings (SSSR count). The van der Waals surface area contributed by atoms with E-state index in [0.29, 0.717) is 22.8 Å². The van der Waals surface area contributed by atoms with Gasteiger partial charge in [0.05, 0.1) is 18.7 Å². The summed E-state index contributed by atoms with van der Waals surface area (Å²) in [5, 5.41) is 23.2. The van der Waals surface area contributed by atoms with Crippen LogP contribution in [0.1, 0.15) is 10.4 Å². The molecule has 122 valence electrons. The lowest BCUT2D eigenvalue weighted by Crippen LogP contribution is -2.02. The third-order valence-electron chi connectivity index (χ3n) is 3.50. The maximum absolute atomic E-state index is 11.3. The van der Waals surface area contributed by atoms with E-state index in [0.717, 1.165) is 11.1 Å². The molecular formula is C17H14ClN3O3. The van der Waals surface area contributed by atoms with Gasteiger partial charge in [-0.05, 0) is 35.9 Å². The highest BCUT2D eigenvalue weighted by molar-refractivity contribution is 6.31. The first-order valence-corrected chi connectivity index (χ1v) is 7.59. The molecule has 1 aromatic carbocycles. The second kappa shape index (κ2) is 6.82. The molecule has 2 aromatic heterocycles. The quantitative estimate of drug-likeness (QED) is 0.743. The van der Waals surface area contributed by atoms with Crippen molar-refractivity contribution in [2.45, 2.75) is 6.54 Å². The number of rotatable bonds is 5. The highest BCUT2D eigenvalue weighted by Crippen LogP contribution is 2.33. The lowest BCUT2D eigenvalue weighted by Gasteiger charge is -2.05. The molecular weight excluding hydrogens is 330 g/mol. The fourth-order valence-corrected chi connectivity index (χ4v) is 2.68. The number of nitrogens with zero attached hydrogens (tertiary/aromatic N) is 3. The van der Waals surface area contributed by atoms with Crippen LogP contribution < -0.4 is 0 Å². The van der Waals surface area contributed by atoms with Crippen molar-refractivity contribution in [1.82, 2.24) is 14.8 Å². The molecule has 24 heavy (non-hydrogen) atoms. The van der Waals surface area contributed by atoms with Gasteiger partial charge in [-0.1, -0.05) is 11.6 Å². The average molecular weight is 344 g/mol. The zero-order valence-corrected chi connectivity index (χ0v) is 13.3. The van der Waals surface area contributed by atoms with Crippen molar-refractivity contribution in [3.8, 4) is 22.4 Å². The van der Waals surface area contributed by atoms with Gasteiger partial charge in [0.2, 0.25) is 0 Å². The fraction of sp³-hybridized carbons (Fsp3) is 0.118. The summed E-state index contributed by atoms with van der Waals surface area (Å²) < 4.78 is 1.62. The molecule has 0 aliphatic carbocycles. The Morgan fingerprint density at radius 2 is 1.92 bits per heavy atom. The Morgan fingerprint density at radius 3 is 2.58 bits per heavy atom. The second-order valence-corrected chi connectivity index (χ2v) is 5.58. The number of carbonyl (C=O) groups is 1. The number of aliphatic hydroxyl groups is 1. The number of aromatic nitrogens is 3. The van der Waals surface area contributed by atoms with Crippen LogP contribution in [0.25, 0.3) is 22.4 Å². The molecule has 0 aliphatic heterocycles. The SMILES string of the molecule is O=C(O)c1cc(Cl)cc(-c2cn(CCO)nc2-c2ccncc2)c1. The minimum atomic E-state index is -1.05. The first kappa shape index (κ1) is 16.2. The van der Waals surface area contributed by atoms with E-state index >= 15 is 0 Å². The van der Waals surface area contributed by atoms with E-state index in [1.807, 2.05) is 12.1 Å². The van der Waals surface area contributed by atoms with Crippen molar-refractivity contribution in [3.63, 3.8) is 0 Å². The van der Waals surface area contributed by atoms with Crippen LogP contribution in [0.5, 0.6) is 0 Å². The fourth-order valence-electron chi connectivity index (χ4n) is 2.44. The topological polar surface area (TPSA) is 88.2 Å². The van der Waals surface area contributed by atoms with Crippen molar-refractivity contribution >= 4 is 17.6 Å². The summed E-state index contributed by atoms with van der Waals surface area (Å²) in [5.74, 6) is -1.05. The summed E-state index contributed by atoms with van der Waals surface area (Å²) in [6, 6.07) is 8.28. The zero-order valence-electron chi connectivity index (χ0n) is 12.6. The van der Waals surface area contributed by atoms with Crippen molar-refractivity contribution in [3.05, 3.63) is 59.5 Å². The summed E-state index contributed by atoms with van der Waals surface area (Å²) in [4.78, 5) is 15.3. The number of aliphatic hydroxyl groups excluding tert-OH is 1. The van der Waals surface area contributed by atoms with E-state index in [1.165, 1.54) is 6.07 Å². The first-order chi connectivity index (χ1) is 11.6. The van der Waals surface area contributed by atoms with Crippen molar-refractivity contribution in [1.29, 1.82) is 0 Å². The molecule has 0 radical (unpaired) electrons. The number of halogens is 1. The van der Waals surface area contributed by atoms with E-state index in [2.05, 4.69) is 10.1 Å². The average Bonchev–Trinajstić information content (AvgIpc) is 2.99. The van der Waals surface area contributed by atoms with Gasteiger partial charge in [-0.25, -0.2) is 4.79 Å². The number of hydrogen-bond acceptors (Lipinski definition) is 4. The molecule has 0 aliphatic rings. The maximum Gasteiger partial charge on any atom is 0.335 e. The number of carboxylic acid groups (broad SMARTS) is 1. The highest BCUT2D eigenvalue weighted by Gasteiger charge is 2.15. The predicted octanol–water partition coefficient (Wildman–Crippen LogP) is 2.96. The van der Waals surface area contributed by atoms with Crippen LogP contribution in [0.15, 0.2) is 48.9 Å². The third kappa shape index (κ3) is 3.29. The normalized spacial score (nSPS) is 10.8.